The Morgan fingerprint density at radius 2 is 1.19 bits per heavy atom. The maximum absolute atomic E-state index is 12.0. The molecule has 0 saturated heterocycles. The van der Waals surface area contributed by atoms with Crippen LogP contribution in [0.1, 0.15) is 153 Å². The summed E-state index contributed by atoms with van der Waals surface area (Å²) in [5.41, 5.74) is -0.395. The fraction of sp³-hybridized carbons (Fsp3) is 0.854. The molecule has 2 radical (unpaired) electrons. The smallest absolute Gasteiger partial charge is 0.320 e. The molecule has 0 aliphatic heterocycles. The highest BCUT2D eigenvalue weighted by Gasteiger charge is 2.25. The van der Waals surface area contributed by atoms with E-state index in [1.165, 1.54) is 19.3 Å². The topological polar surface area (TPSA) is 172 Å². The Kier molecular flexibility index (Phi) is 54.6. The molecule has 0 aliphatic rings. The summed E-state index contributed by atoms with van der Waals surface area (Å²) in [7, 11) is 4.99. The monoisotopic (exact) mass is 775 g/mol. The number of aliphatic hydroxyl groups is 1. The lowest BCUT2D eigenvalue weighted by Crippen LogP contribution is -2.43. The number of hydrogen-bond donors (Lipinski definition) is 4. The fourth-order valence-electron chi connectivity index (χ4n) is 4.60. The van der Waals surface area contributed by atoms with Crippen LogP contribution in [0.15, 0.2) is 12.3 Å². The molecule has 0 aliphatic carbocycles. The number of carboxylic acids is 2. The predicted octanol–water partition coefficient (Wildman–Crippen LogP) is 8.21. The summed E-state index contributed by atoms with van der Waals surface area (Å²) < 4.78 is 15.8. The third-order valence-electron chi connectivity index (χ3n) is 7.82. The van der Waals surface area contributed by atoms with Crippen molar-refractivity contribution in [3.8, 4) is 0 Å². The Morgan fingerprint density at radius 3 is 1.54 bits per heavy atom. The number of carbonyl (C=O) groups excluding carboxylic acids is 2. The van der Waals surface area contributed by atoms with Crippen molar-refractivity contribution in [2.75, 3.05) is 59.3 Å². The number of amides is 1. The number of carbonyl (C=O) groups is 4. The number of carboxylic acid groups (broad SMARTS) is 2. The number of aliphatic carboxylic acids is 2. The lowest BCUT2D eigenvalue weighted by atomic mass is 9.97. The van der Waals surface area contributed by atoms with E-state index >= 15 is 0 Å². The molecule has 54 heavy (non-hydrogen) atoms. The van der Waals surface area contributed by atoms with Crippen LogP contribution in [-0.2, 0) is 33.4 Å². The number of aliphatic hydroxyl groups excluding tert-OH is 1. The van der Waals surface area contributed by atoms with Gasteiger partial charge in [0.15, 0.2) is 7.85 Å². The maximum Gasteiger partial charge on any atom is 0.320 e. The molecular formula is C41H83BN2O10. The molecule has 0 saturated carbocycles. The molecule has 0 aromatic heterocycles. The van der Waals surface area contributed by atoms with Gasteiger partial charge in [-0.25, -0.2) is 0 Å². The predicted molar refractivity (Wildman–Crippen MR) is 222 cm³/mol. The standard InChI is InChI=1S/C20H37BN2O7.C8H16O2.C7H16.C4H8O.C2H6/c1-3-9-23(10-4-2)17(20(26)27)5-6-19(25)22-8-12-29-14-16-30-15-13-28-11-7-18(21)24;1-3-5-7(4-2)6-8(9)10;1-4-6-7(3)5-2;1-3-4(2)5;1-2/h17H,3-16H2,1-2H3,(H,22,25)(H,26,27);7H,3-6H2,1-2H3,(H,9,10);7H,4-6H2,1-3H3;5H,2-3H2,1H3;1-2H3/t;;7-;;/m..1../s1. The molecule has 12 nitrogen and oxygen atoms in total. The van der Waals surface area contributed by atoms with Gasteiger partial charge in [0.2, 0.25) is 5.91 Å². The second-order valence-corrected chi connectivity index (χ2v) is 12.7. The number of nitrogens with one attached hydrogen (secondary N) is 1. The second-order valence-electron chi connectivity index (χ2n) is 12.7. The van der Waals surface area contributed by atoms with Gasteiger partial charge in [0.1, 0.15) is 6.04 Å². The molecule has 0 fully saturated rings. The van der Waals surface area contributed by atoms with Crippen molar-refractivity contribution < 1.29 is 48.7 Å². The van der Waals surface area contributed by atoms with Gasteiger partial charge in [0, 0.05) is 32.2 Å². The first kappa shape index (κ1) is 60.8. The van der Waals surface area contributed by atoms with Gasteiger partial charge < -0.3 is 39.6 Å². The van der Waals surface area contributed by atoms with Crippen LogP contribution in [0, 0.1) is 11.8 Å². The van der Waals surface area contributed by atoms with Crippen molar-refractivity contribution in [1.29, 1.82) is 0 Å². The van der Waals surface area contributed by atoms with Gasteiger partial charge in [0.05, 0.1) is 51.1 Å². The van der Waals surface area contributed by atoms with E-state index in [-0.39, 0.29) is 37.5 Å². The van der Waals surface area contributed by atoms with Crippen LogP contribution in [0.25, 0.3) is 0 Å². The highest BCUT2D eigenvalue weighted by Crippen LogP contribution is 2.14. The van der Waals surface area contributed by atoms with Crippen LogP contribution in [0.5, 0.6) is 0 Å². The summed E-state index contributed by atoms with van der Waals surface area (Å²) in [6, 6.07) is -0.635. The van der Waals surface area contributed by atoms with Crippen molar-refractivity contribution in [2.45, 2.75) is 159 Å². The summed E-state index contributed by atoms with van der Waals surface area (Å²) >= 11 is 0. The fourth-order valence-corrected chi connectivity index (χ4v) is 4.60. The second kappa shape index (κ2) is 48.5. The minimum atomic E-state index is -0.883. The van der Waals surface area contributed by atoms with Crippen molar-refractivity contribution in [3.05, 3.63) is 12.3 Å². The molecule has 3 atom stereocenters. The van der Waals surface area contributed by atoms with Gasteiger partial charge >= 0.3 is 11.9 Å². The van der Waals surface area contributed by atoms with Crippen molar-refractivity contribution in [3.63, 3.8) is 0 Å². The summed E-state index contributed by atoms with van der Waals surface area (Å²) in [5, 5.41) is 28.8. The Hall–Kier alpha value is -2.48. The third kappa shape index (κ3) is 51.6. The maximum atomic E-state index is 12.0. The first-order valence-corrected chi connectivity index (χ1v) is 20.5. The van der Waals surface area contributed by atoms with E-state index in [1.807, 2.05) is 46.4 Å². The zero-order valence-corrected chi connectivity index (χ0v) is 36.2. The third-order valence-corrected chi connectivity index (χ3v) is 7.82. The number of hydrogen-bond acceptors (Lipinski definition) is 9. The number of allylic oxidation sites excluding steroid dienone is 1. The Labute approximate surface area is 332 Å². The first-order chi connectivity index (χ1) is 25.7. The minimum Gasteiger partial charge on any atom is -0.513 e. The average molecular weight is 775 g/mol. The lowest BCUT2D eigenvalue weighted by Gasteiger charge is -2.28. The van der Waals surface area contributed by atoms with E-state index in [4.69, 9.17) is 32.3 Å². The molecular weight excluding hydrogens is 691 g/mol. The van der Waals surface area contributed by atoms with Gasteiger partial charge in [-0.2, -0.15) is 0 Å². The van der Waals surface area contributed by atoms with Gasteiger partial charge in [-0.15, -0.1) is 0 Å². The van der Waals surface area contributed by atoms with Crippen LogP contribution in [0.2, 0.25) is 0 Å². The lowest BCUT2D eigenvalue weighted by molar-refractivity contribution is -0.144. The number of ether oxygens (including phenoxy) is 3. The molecule has 2 unspecified atom stereocenters. The average Bonchev–Trinajstić information content (AvgIpc) is 3.13. The summed E-state index contributed by atoms with van der Waals surface area (Å²) in [5.74, 6) is -0.133. The van der Waals surface area contributed by atoms with Crippen molar-refractivity contribution >= 4 is 31.4 Å². The van der Waals surface area contributed by atoms with Crippen LogP contribution < -0.4 is 5.32 Å². The van der Waals surface area contributed by atoms with Gasteiger partial charge in [-0.05, 0) is 44.2 Å². The molecule has 0 aromatic rings. The normalized spacial score (nSPS) is 11.8. The molecule has 0 heterocycles. The molecule has 0 aromatic carbocycles. The molecule has 0 spiro atoms. The molecule has 1 amide bonds. The molecule has 0 rings (SSSR count). The van der Waals surface area contributed by atoms with Crippen LogP contribution >= 0.6 is 0 Å². The number of nitrogens with zero attached hydrogens (tertiary/aromatic N) is 1. The highest BCUT2D eigenvalue weighted by molar-refractivity contribution is 6.57. The van der Waals surface area contributed by atoms with Gasteiger partial charge in [-0.1, -0.05) is 114 Å². The van der Waals surface area contributed by atoms with E-state index in [0.717, 1.165) is 38.0 Å². The zero-order valence-electron chi connectivity index (χ0n) is 36.2. The minimum absolute atomic E-state index is 0.166. The summed E-state index contributed by atoms with van der Waals surface area (Å²) in [4.78, 5) is 46.2. The van der Waals surface area contributed by atoms with E-state index in [2.05, 4.69) is 39.6 Å². The Morgan fingerprint density at radius 1 is 0.704 bits per heavy atom. The number of rotatable bonds is 30. The quantitative estimate of drug-likeness (QED) is 0.0315. The summed E-state index contributed by atoms with van der Waals surface area (Å²) in [6.07, 6.45) is 10.6. The molecule has 4 N–H and O–H groups in total. The molecule has 0 bridgehead atoms. The van der Waals surface area contributed by atoms with Crippen molar-refractivity contribution in [2.24, 2.45) is 11.8 Å². The first-order valence-electron chi connectivity index (χ1n) is 20.5. The van der Waals surface area contributed by atoms with Crippen molar-refractivity contribution in [1.82, 2.24) is 10.2 Å². The van der Waals surface area contributed by atoms with E-state index in [1.54, 1.807) is 0 Å². The SMILES string of the molecule is C=C(O)CC.CC.CCCC(CC)CC(=O)O.CCC[C@H](C)CC.[B]C(=O)CCOCCOCCOCCNC(=O)CCC(C(=O)O)N(CCC)CCC. The summed E-state index contributed by atoms with van der Waals surface area (Å²) in [6.45, 7) is 28.0. The van der Waals surface area contributed by atoms with Crippen LogP contribution in [-0.4, -0.2) is 117 Å². The van der Waals surface area contributed by atoms with E-state index < -0.39 is 23.7 Å². The van der Waals surface area contributed by atoms with Gasteiger partial charge in [0.25, 0.3) is 0 Å². The largest absolute Gasteiger partial charge is 0.513 e. The highest BCUT2D eigenvalue weighted by atomic mass is 16.5. The Balaban J connectivity index is -0.000000268. The molecule has 13 heteroatoms. The van der Waals surface area contributed by atoms with Gasteiger partial charge in [-0.3, -0.25) is 19.3 Å². The zero-order chi connectivity index (χ0) is 42.6. The van der Waals surface area contributed by atoms with Crippen LogP contribution in [0.3, 0.4) is 0 Å². The Bertz CT molecular complexity index is 858. The molecule has 320 valence electrons. The van der Waals surface area contributed by atoms with E-state index in [9.17, 15) is 24.3 Å². The van der Waals surface area contributed by atoms with Crippen LogP contribution in [0.4, 0.5) is 0 Å². The van der Waals surface area contributed by atoms with E-state index in [0.29, 0.717) is 71.4 Å².